The molecule has 0 saturated carbocycles. The molecule has 0 aliphatic carbocycles. The van der Waals surface area contributed by atoms with Gasteiger partial charge in [-0.3, -0.25) is 19.3 Å². The van der Waals surface area contributed by atoms with E-state index in [-0.39, 0.29) is 29.0 Å². The molecule has 0 unspecified atom stereocenters. The molecule has 0 spiro atoms. The molecule has 2 aromatic carbocycles. The minimum atomic E-state index is -1.05. The quantitative estimate of drug-likeness (QED) is 0.648. The van der Waals surface area contributed by atoms with E-state index < -0.39 is 29.7 Å². The van der Waals surface area contributed by atoms with Crippen LogP contribution < -0.4 is 5.32 Å². The summed E-state index contributed by atoms with van der Waals surface area (Å²) >= 11 is 0. The van der Waals surface area contributed by atoms with E-state index in [0.29, 0.717) is 0 Å². The van der Waals surface area contributed by atoms with E-state index in [1.54, 1.807) is 49.4 Å². The van der Waals surface area contributed by atoms with Crippen LogP contribution >= 0.6 is 0 Å². The van der Waals surface area contributed by atoms with Crippen molar-refractivity contribution in [2.45, 2.75) is 19.9 Å². The first-order chi connectivity index (χ1) is 13.0. The van der Waals surface area contributed by atoms with E-state index in [9.17, 15) is 19.2 Å². The predicted octanol–water partition coefficient (Wildman–Crippen LogP) is 2.49. The molecule has 0 bridgehead atoms. The number of para-hydroxylation sites is 1. The maximum atomic E-state index is 12.7. The Hall–Kier alpha value is -3.48. The molecule has 2 aromatic rings. The zero-order chi connectivity index (χ0) is 19.6. The van der Waals surface area contributed by atoms with Crippen LogP contribution in [-0.4, -0.2) is 41.2 Å². The van der Waals surface area contributed by atoms with Crippen LogP contribution in [0, 0.1) is 0 Å². The minimum Gasteiger partial charge on any atom is -0.462 e. The third-order valence-electron chi connectivity index (χ3n) is 4.27. The number of amides is 3. The summed E-state index contributed by atoms with van der Waals surface area (Å²) in [7, 11) is 0. The number of nitrogens with one attached hydrogen (secondary N) is 1. The fourth-order valence-corrected chi connectivity index (χ4v) is 2.89. The summed E-state index contributed by atoms with van der Waals surface area (Å²) in [6, 6.07) is 11.8. The first kappa shape index (κ1) is 18.3. The van der Waals surface area contributed by atoms with Crippen LogP contribution in [0.4, 0.5) is 5.69 Å². The fourth-order valence-electron chi connectivity index (χ4n) is 2.89. The van der Waals surface area contributed by atoms with Crippen molar-refractivity contribution in [3.63, 3.8) is 0 Å². The normalized spacial score (nSPS) is 13.9. The number of anilines is 1. The molecule has 3 amide bonds. The lowest BCUT2D eigenvalue weighted by Gasteiger charge is -2.22. The predicted molar refractivity (Wildman–Crippen MR) is 97.4 cm³/mol. The topological polar surface area (TPSA) is 92.8 Å². The molecule has 0 saturated heterocycles. The Morgan fingerprint density at radius 1 is 1.00 bits per heavy atom. The van der Waals surface area contributed by atoms with E-state index in [1.165, 1.54) is 13.0 Å². The zero-order valence-corrected chi connectivity index (χ0v) is 14.9. The van der Waals surface area contributed by atoms with E-state index >= 15 is 0 Å². The molecule has 0 radical (unpaired) electrons. The van der Waals surface area contributed by atoms with Gasteiger partial charge in [-0.05, 0) is 38.1 Å². The number of benzene rings is 2. The maximum absolute atomic E-state index is 12.7. The molecule has 3 rings (SSSR count). The highest BCUT2D eigenvalue weighted by Crippen LogP contribution is 2.25. The highest BCUT2D eigenvalue weighted by molar-refractivity contribution is 6.23. The number of fused-ring (bicyclic) bond motifs is 1. The Labute approximate surface area is 155 Å². The van der Waals surface area contributed by atoms with Crippen LogP contribution in [0.1, 0.15) is 44.9 Å². The average molecular weight is 366 g/mol. The molecule has 138 valence electrons. The van der Waals surface area contributed by atoms with Gasteiger partial charge in [-0.15, -0.1) is 0 Å². The first-order valence-electron chi connectivity index (χ1n) is 8.49. The van der Waals surface area contributed by atoms with Crippen molar-refractivity contribution in [1.82, 2.24) is 4.90 Å². The van der Waals surface area contributed by atoms with Crippen molar-refractivity contribution >= 4 is 29.4 Å². The molecule has 27 heavy (non-hydrogen) atoms. The third-order valence-corrected chi connectivity index (χ3v) is 4.27. The number of hydrogen-bond donors (Lipinski definition) is 1. The van der Waals surface area contributed by atoms with E-state index in [0.717, 1.165) is 4.90 Å². The van der Waals surface area contributed by atoms with E-state index in [2.05, 4.69) is 5.32 Å². The Kier molecular flexibility index (Phi) is 5.03. The van der Waals surface area contributed by atoms with Crippen LogP contribution in [0.3, 0.4) is 0 Å². The molecule has 0 fully saturated rings. The molecule has 0 aromatic heterocycles. The summed E-state index contributed by atoms with van der Waals surface area (Å²) in [5.41, 5.74) is 0.995. The second-order valence-corrected chi connectivity index (χ2v) is 5.96. The summed E-state index contributed by atoms with van der Waals surface area (Å²) in [6.07, 6.45) is 0. The molecular formula is C20H18N2O5. The lowest BCUT2D eigenvalue weighted by atomic mass is 10.1. The highest BCUT2D eigenvalue weighted by atomic mass is 16.5. The number of hydrogen-bond acceptors (Lipinski definition) is 5. The Balaban J connectivity index is 1.81. The Morgan fingerprint density at radius 3 is 2.15 bits per heavy atom. The van der Waals surface area contributed by atoms with Gasteiger partial charge >= 0.3 is 5.97 Å². The largest absolute Gasteiger partial charge is 0.462 e. The molecule has 7 heteroatoms. The van der Waals surface area contributed by atoms with Crippen molar-refractivity contribution in [2.75, 3.05) is 11.9 Å². The van der Waals surface area contributed by atoms with Gasteiger partial charge in [0.15, 0.2) is 0 Å². The SMILES string of the molecule is CCOC(=O)c1ccccc1NC(=O)[C@H](C)N1C(=O)c2ccccc2C1=O. The van der Waals surface area contributed by atoms with Crippen molar-refractivity contribution in [1.29, 1.82) is 0 Å². The Bertz CT molecular complexity index is 902. The molecule has 7 nitrogen and oxygen atoms in total. The van der Waals surface area contributed by atoms with Gasteiger partial charge in [0.2, 0.25) is 5.91 Å². The maximum Gasteiger partial charge on any atom is 0.340 e. The fraction of sp³-hybridized carbons (Fsp3) is 0.200. The summed E-state index contributed by atoms with van der Waals surface area (Å²) in [5, 5.41) is 2.61. The second-order valence-electron chi connectivity index (χ2n) is 5.96. The van der Waals surface area contributed by atoms with Crippen molar-refractivity contribution in [2.24, 2.45) is 0 Å². The lowest BCUT2D eigenvalue weighted by molar-refractivity contribution is -0.119. The molecule has 1 atom stereocenters. The summed E-state index contributed by atoms with van der Waals surface area (Å²) in [4.78, 5) is 50.7. The second kappa shape index (κ2) is 7.41. The van der Waals surface area contributed by atoms with E-state index in [4.69, 9.17) is 4.74 Å². The summed E-state index contributed by atoms with van der Waals surface area (Å²) < 4.78 is 4.98. The van der Waals surface area contributed by atoms with Crippen molar-refractivity contribution < 1.29 is 23.9 Å². The zero-order valence-electron chi connectivity index (χ0n) is 14.9. The number of rotatable bonds is 5. The number of nitrogens with zero attached hydrogens (tertiary/aromatic N) is 1. The van der Waals surface area contributed by atoms with Crippen LogP contribution in [0.2, 0.25) is 0 Å². The van der Waals surface area contributed by atoms with Crippen LogP contribution in [0.25, 0.3) is 0 Å². The van der Waals surface area contributed by atoms with Gasteiger partial charge in [-0.1, -0.05) is 24.3 Å². The van der Waals surface area contributed by atoms with Gasteiger partial charge < -0.3 is 10.1 Å². The van der Waals surface area contributed by atoms with Crippen LogP contribution in [-0.2, 0) is 9.53 Å². The molecule has 1 heterocycles. The van der Waals surface area contributed by atoms with Gasteiger partial charge in [-0.25, -0.2) is 4.79 Å². The van der Waals surface area contributed by atoms with E-state index in [1.807, 2.05) is 0 Å². The number of imide groups is 1. The van der Waals surface area contributed by atoms with Gasteiger partial charge in [0, 0.05) is 0 Å². The number of esters is 1. The smallest absolute Gasteiger partial charge is 0.340 e. The molecule has 1 aliphatic heterocycles. The van der Waals surface area contributed by atoms with Gasteiger partial charge in [0.1, 0.15) is 6.04 Å². The number of carbonyl (C=O) groups is 4. The lowest BCUT2D eigenvalue weighted by Crippen LogP contribution is -2.45. The third kappa shape index (κ3) is 3.31. The summed E-state index contributed by atoms with van der Waals surface area (Å²) in [5.74, 6) is -2.18. The molecule has 1 aliphatic rings. The monoisotopic (exact) mass is 366 g/mol. The first-order valence-corrected chi connectivity index (χ1v) is 8.49. The minimum absolute atomic E-state index is 0.197. The molecule has 1 N–H and O–H groups in total. The highest BCUT2D eigenvalue weighted by Gasteiger charge is 2.40. The van der Waals surface area contributed by atoms with Crippen LogP contribution in [0.15, 0.2) is 48.5 Å². The Morgan fingerprint density at radius 2 is 1.56 bits per heavy atom. The van der Waals surface area contributed by atoms with Crippen LogP contribution in [0.5, 0.6) is 0 Å². The standard InChI is InChI=1S/C20H18N2O5/c1-3-27-20(26)15-10-6-7-11-16(15)21-17(23)12(2)22-18(24)13-8-4-5-9-14(13)19(22)25/h4-12H,3H2,1-2H3,(H,21,23)/t12-/m0/s1. The number of carbonyl (C=O) groups excluding carboxylic acids is 4. The van der Waals surface area contributed by atoms with Crippen molar-refractivity contribution in [3.05, 3.63) is 65.2 Å². The van der Waals surface area contributed by atoms with Gasteiger partial charge in [-0.2, -0.15) is 0 Å². The molecular weight excluding hydrogens is 348 g/mol. The van der Waals surface area contributed by atoms with Gasteiger partial charge in [0.05, 0.1) is 29.0 Å². The van der Waals surface area contributed by atoms with Crippen molar-refractivity contribution in [3.8, 4) is 0 Å². The number of ether oxygens (including phenoxy) is 1. The average Bonchev–Trinajstić information content (AvgIpc) is 2.93. The summed E-state index contributed by atoms with van der Waals surface area (Å²) in [6.45, 7) is 3.35. The van der Waals surface area contributed by atoms with Gasteiger partial charge in [0.25, 0.3) is 11.8 Å².